The van der Waals surface area contributed by atoms with Gasteiger partial charge in [-0.1, -0.05) is 41.4 Å². The SMILES string of the molecule is COC(=O)C1=C(C)Nc2nc3ccccc3n2[C@@H]1c1ccc(Cl)cc1Cl. The first-order valence-electron chi connectivity index (χ1n) is 7.99. The van der Waals surface area contributed by atoms with Crippen LogP contribution in [0.1, 0.15) is 18.5 Å². The fourth-order valence-corrected chi connectivity index (χ4v) is 3.87. The molecule has 0 unspecified atom stereocenters. The number of hydrogen-bond donors (Lipinski definition) is 1. The van der Waals surface area contributed by atoms with Gasteiger partial charge in [0.25, 0.3) is 0 Å². The molecule has 3 aromatic rings. The van der Waals surface area contributed by atoms with Crippen molar-refractivity contribution in [1.82, 2.24) is 9.55 Å². The van der Waals surface area contributed by atoms with Crippen LogP contribution in [0.25, 0.3) is 11.0 Å². The van der Waals surface area contributed by atoms with Crippen LogP contribution >= 0.6 is 23.2 Å². The van der Waals surface area contributed by atoms with Crippen LogP contribution < -0.4 is 5.32 Å². The van der Waals surface area contributed by atoms with Crippen LogP contribution in [-0.2, 0) is 9.53 Å². The lowest BCUT2D eigenvalue weighted by molar-refractivity contribution is -0.136. The van der Waals surface area contributed by atoms with Crippen molar-refractivity contribution < 1.29 is 9.53 Å². The molecule has 2 aromatic carbocycles. The molecule has 0 fully saturated rings. The average molecular weight is 388 g/mol. The number of carbonyl (C=O) groups excluding carboxylic acids is 1. The van der Waals surface area contributed by atoms with Gasteiger partial charge >= 0.3 is 5.97 Å². The second kappa shape index (κ2) is 6.34. The highest BCUT2D eigenvalue weighted by molar-refractivity contribution is 6.35. The van der Waals surface area contributed by atoms with Gasteiger partial charge in [0.05, 0.1) is 29.8 Å². The number of aromatic nitrogens is 2. The number of imidazole rings is 1. The predicted octanol–water partition coefficient (Wildman–Crippen LogP) is 4.81. The molecule has 0 amide bonds. The van der Waals surface area contributed by atoms with E-state index in [9.17, 15) is 4.79 Å². The number of para-hydroxylation sites is 2. The minimum atomic E-state index is -0.476. The van der Waals surface area contributed by atoms with Crippen LogP contribution in [-0.4, -0.2) is 22.6 Å². The molecule has 0 radical (unpaired) electrons. The molecule has 26 heavy (non-hydrogen) atoms. The summed E-state index contributed by atoms with van der Waals surface area (Å²) >= 11 is 12.6. The molecule has 4 rings (SSSR count). The maximum absolute atomic E-state index is 12.6. The molecule has 1 N–H and O–H groups in total. The number of nitrogens with one attached hydrogen (secondary N) is 1. The zero-order valence-electron chi connectivity index (χ0n) is 14.1. The molecule has 0 aliphatic carbocycles. The van der Waals surface area contributed by atoms with Gasteiger partial charge < -0.3 is 10.1 Å². The van der Waals surface area contributed by atoms with E-state index in [2.05, 4.69) is 10.3 Å². The highest BCUT2D eigenvalue weighted by Gasteiger charge is 2.35. The van der Waals surface area contributed by atoms with Gasteiger partial charge in [-0.25, -0.2) is 9.78 Å². The number of allylic oxidation sites excluding steroid dienone is 1. The quantitative estimate of drug-likeness (QED) is 0.641. The first kappa shape index (κ1) is 16.9. The molecule has 0 spiro atoms. The second-order valence-electron chi connectivity index (χ2n) is 6.02. The van der Waals surface area contributed by atoms with E-state index in [0.717, 1.165) is 16.6 Å². The molecular weight excluding hydrogens is 373 g/mol. The Morgan fingerprint density at radius 2 is 2.00 bits per heavy atom. The maximum Gasteiger partial charge on any atom is 0.337 e. The van der Waals surface area contributed by atoms with Gasteiger partial charge in [0.2, 0.25) is 5.95 Å². The van der Waals surface area contributed by atoms with Crippen LogP contribution in [0, 0.1) is 0 Å². The number of fused-ring (bicyclic) bond motifs is 3. The van der Waals surface area contributed by atoms with Crippen molar-refractivity contribution in [2.24, 2.45) is 0 Å². The van der Waals surface area contributed by atoms with E-state index in [4.69, 9.17) is 27.9 Å². The lowest BCUT2D eigenvalue weighted by atomic mass is 9.95. The van der Waals surface area contributed by atoms with E-state index >= 15 is 0 Å². The Balaban J connectivity index is 2.05. The van der Waals surface area contributed by atoms with Gasteiger partial charge in [-0.3, -0.25) is 4.57 Å². The Morgan fingerprint density at radius 3 is 2.73 bits per heavy atom. The normalized spacial score (nSPS) is 16.4. The van der Waals surface area contributed by atoms with Crippen molar-refractivity contribution in [1.29, 1.82) is 0 Å². The summed E-state index contributed by atoms with van der Waals surface area (Å²) in [5.74, 6) is 0.224. The number of esters is 1. The van der Waals surface area contributed by atoms with Crippen LogP contribution in [0.5, 0.6) is 0 Å². The van der Waals surface area contributed by atoms with Crippen LogP contribution in [0.2, 0.25) is 10.0 Å². The number of nitrogens with zero attached hydrogens (tertiary/aromatic N) is 2. The Labute approximate surface area is 160 Å². The standard InChI is InChI=1S/C19H15Cl2N3O2/c1-10-16(18(25)26-2)17(12-8-7-11(20)9-13(12)21)24-15-6-4-3-5-14(15)23-19(24)22-10/h3-9,17H,1-2H3,(H,22,23)/t17-/m1/s1. The third-order valence-corrected chi connectivity index (χ3v) is 5.06. The second-order valence-corrected chi connectivity index (χ2v) is 6.86. The van der Waals surface area contributed by atoms with Crippen molar-refractivity contribution in [3.63, 3.8) is 0 Å². The zero-order chi connectivity index (χ0) is 18.4. The van der Waals surface area contributed by atoms with Gasteiger partial charge in [-0.2, -0.15) is 0 Å². The molecular formula is C19H15Cl2N3O2. The summed E-state index contributed by atoms with van der Waals surface area (Å²) in [6.45, 7) is 1.83. The molecule has 1 aliphatic rings. The monoisotopic (exact) mass is 387 g/mol. The molecule has 0 bridgehead atoms. The molecule has 7 heteroatoms. The smallest absolute Gasteiger partial charge is 0.337 e. The summed E-state index contributed by atoms with van der Waals surface area (Å²) in [5.41, 5.74) is 3.62. The lowest BCUT2D eigenvalue weighted by Crippen LogP contribution is -2.28. The van der Waals surface area contributed by atoms with Crippen LogP contribution in [0.3, 0.4) is 0 Å². The number of benzene rings is 2. The average Bonchev–Trinajstić information content (AvgIpc) is 2.98. The molecule has 1 aromatic heterocycles. The van der Waals surface area contributed by atoms with Crippen molar-refractivity contribution in [3.05, 3.63) is 69.3 Å². The van der Waals surface area contributed by atoms with Gasteiger partial charge in [-0.05, 0) is 36.8 Å². The van der Waals surface area contributed by atoms with Gasteiger partial charge in [0.15, 0.2) is 0 Å². The van der Waals surface area contributed by atoms with E-state index < -0.39 is 12.0 Å². The van der Waals surface area contributed by atoms with Gasteiger partial charge in [0.1, 0.15) is 0 Å². The van der Waals surface area contributed by atoms with Gasteiger partial charge in [0, 0.05) is 15.7 Å². The number of methoxy groups -OCH3 is 1. The number of ether oxygens (including phenoxy) is 1. The molecule has 0 saturated heterocycles. The summed E-state index contributed by atoms with van der Waals surface area (Å²) in [6.07, 6.45) is 0. The summed E-state index contributed by atoms with van der Waals surface area (Å²) in [4.78, 5) is 17.2. The van der Waals surface area contributed by atoms with Crippen LogP contribution in [0.15, 0.2) is 53.7 Å². The zero-order valence-corrected chi connectivity index (χ0v) is 15.6. The van der Waals surface area contributed by atoms with Gasteiger partial charge in [-0.15, -0.1) is 0 Å². The number of hydrogen-bond acceptors (Lipinski definition) is 4. The fraction of sp³-hybridized carbons (Fsp3) is 0.158. The molecule has 132 valence electrons. The first-order chi connectivity index (χ1) is 12.5. The van der Waals surface area contributed by atoms with E-state index in [0.29, 0.717) is 27.3 Å². The largest absolute Gasteiger partial charge is 0.466 e. The Kier molecular flexibility index (Phi) is 4.13. The van der Waals surface area contributed by atoms with Crippen molar-refractivity contribution in [3.8, 4) is 0 Å². The minimum absolute atomic E-state index is 0.422. The summed E-state index contributed by atoms with van der Waals surface area (Å²) in [7, 11) is 1.37. The Bertz CT molecular complexity index is 1070. The van der Waals surface area contributed by atoms with E-state index in [1.54, 1.807) is 12.1 Å². The number of anilines is 1. The summed E-state index contributed by atoms with van der Waals surface area (Å²) < 4.78 is 7.00. The van der Waals surface area contributed by atoms with Crippen molar-refractivity contribution in [2.75, 3.05) is 12.4 Å². The molecule has 0 saturated carbocycles. The maximum atomic E-state index is 12.6. The topological polar surface area (TPSA) is 56.1 Å². The molecule has 2 heterocycles. The summed E-state index contributed by atoms with van der Waals surface area (Å²) in [6, 6.07) is 12.5. The summed E-state index contributed by atoms with van der Waals surface area (Å²) in [5, 5.41) is 4.21. The molecule has 5 nitrogen and oxygen atoms in total. The van der Waals surface area contributed by atoms with E-state index in [1.807, 2.05) is 41.8 Å². The third-order valence-electron chi connectivity index (χ3n) is 4.49. The van der Waals surface area contributed by atoms with E-state index in [1.165, 1.54) is 7.11 Å². The predicted molar refractivity (Wildman–Crippen MR) is 103 cm³/mol. The number of carbonyl (C=O) groups is 1. The Morgan fingerprint density at radius 1 is 1.23 bits per heavy atom. The molecule has 1 aliphatic heterocycles. The minimum Gasteiger partial charge on any atom is -0.466 e. The first-order valence-corrected chi connectivity index (χ1v) is 8.75. The van der Waals surface area contributed by atoms with E-state index in [-0.39, 0.29) is 0 Å². The number of halogens is 2. The lowest BCUT2D eigenvalue weighted by Gasteiger charge is -2.30. The fourth-order valence-electron chi connectivity index (χ4n) is 3.36. The molecule has 1 atom stereocenters. The highest BCUT2D eigenvalue weighted by atomic mass is 35.5. The third kappa shape index (κ3) is 2.55. The van der Waals surface area contributed by atoms with Crippen molar-refractivity contribution in [2.45, 2.75) is 13.0 Å². The number of rotatable bonds is 2. The van der Waals surface area contributed by atoms with Crippen LogP contribution in [0.4, 0.5) is 5.95 Å². The van der Waals surface area contributed by atoms with Crippen molar-refractivity contribution >= 4 is 46.2 Å². The Hall–Kier alpha value is -2.50. The highest BCUT2D eigenvalue weighted by Crippen LogP contribution is 2.42.